The number of amides is 1. The molecule has 3 rings (SSSR count). The quantitative estimate of drug-likeness (QED) is 0.816. The number of hydrogen-bond acceptors (Lipinski definition) is 5. The van der Waals surface area contributed by atoms with Crippen LogP contribution in [-0.2, 0) is 11.2 Å². The van der Waals surface area contributed by atoms with Crippen molar-refractivity contribution < 1.29 is 9.32 Å². The lowest BCUT2D eigenvalue weighted by Gasteiger charge is -2.21. The van der Waals surface area contributed by atoms with Gasteiger partial charge in [0.2, 0.25) is 11.8 Å². The Kier molecular flexibility index (Phi) is 5.63. The maximum absolute atomic E-state index is 12.3. The van der Waals surface area contributed by atoms with Crippen LogP contribution >= 0.6 is 15.9 Å². The first-order chi connectivity index (χ1) is 11.7. The monoisotopic (exact) mass is 392 g/mol. The second-order valence-corrected chi connectivity index (χ2v) is 6.91. The van der Waals surface area contributed by atoms with E-state index in [9.17, 15) is 4.79 Å². The van der Waals surface area contributed by atoms with Gasteiger partial charge in [-0.1, -0.05) is 33.2 Å². The fourth-order valence-corrected chi connectivity index (χ4v) is 3.24. The van der Waals surface area contributed by atoms with Gasteiger partial charge in [-0.25, -0.2) is 0 Å². The van der Waals surface area contributed by atoms with E-state index in [4.69, 9.17) is 10.3 Å². The van der Waals surface area contributed by atoms with E-state index in [-0.39, 0.29) is 11.9 Å². The number of carbonyl (C=O) groups is 1. The molecule has 1 aliphatic rings. The summed E-state index contributed by atoms with van der Waals surface area (Å²) < 4.78 is 6.48. The van der Waals surface area contributed by atoms with E-state index in [1.165, 1.54) is 0 Å². The molecule has 1 fully saturated rings. The summed E-state index contributed by atoms with van der Waals surface area (Å²) in [6, 6.07) is 7.94. The van der Waals surface area contributed by atoms with E-state index in [2.05, 4.69) is 26.1 Å². The molecule has 1 aromatic heterocycles. The molecule has 0 bridgehead atoms. The SMILES string of the molecule is NCCCC(=O)N1CCCC1c1nc(Cc2ccc(Br)cc2)no1. The number of nitrogens with two attached hydrogens (primary N) is 1. The van der Waals surface area contributed by atoms with Gasteiger partial charge in [0.05, 0.1) is 0 Å². The third-order valence-electron chi connectivity index (χ3n) is 4.21. The molecular weight excluding hydrogens is 372 g/mol. The molecule has 2 heterocycles. The summed E-state index contributed by atoms with van der Waals surface area (Å²) in [4.78, 5) is 18.7. The molecule has 0 aliphatic carbocycles. The normalized spacial score (nSPS) is 17.4. The first-order valence-electron chi connectivity index (χ1n) is 8.24. The number of carbonyl (C=O) groups excluding carboxylic acids is 1. The van der Waals surface area contributed by atoms with E-state index in [0.29, 0.717) is 37.5 Å². The molecule has 0 spiro atoms. The first-order valence-corrected chi connectivity index (χ1v) is 9.03. The van der Waals surface area contributed by atoms with Gasteiger partial charge < -0.3 is 15.2 Å². The summed E-state index contributed by atoms with van der Waals surface area (Å²) in [5.74, 6) is 1.31. The number of likely N-dealkylation sites (tertiary alicyclic amines) is 1. The number of rotatable bonds is 6. The van der Waals surface area contributed by atoms with E-state index < -0.39 is 0 Å². The smallest absolute Gasteiger partial charge is 0.249 e. The highest BCUT2D eigenvalue weighted by molar-refractivity contribution is 9.10. The minimum Gasteiger partial charge on any atom is -0.337 e. The molecule has 24 heavy (non-hydrogen) atoms. The zero-order valence-corrected chi connectivity index (χ0v) is 15.0. The van der Waals surface area contributed by atoms with Crippen molar-refractivity contribution in [2.75, 3.05) is 13.1 Å². The summed E-state index contributed by atoms with van der Waals surface area (Å²) in [6.45, 7) is 1.28. The Morgan fingerprint density at radius 2 is 2.17 bits per heavy atom. The van der Waals surface area contributed by atoms with Crippen LogP contribution in [0.2, 0.25) is 0 Å². The third kappa shape index (κ3) is 4.02. The lowest BCUT2D eigenvalue weighted by molar-refractivity contribution is -0.132. The van der Waals surface area contributed by atoms with Crippen LogP contribution < -0.4 is 5.73 Å². The Labute approximate surface area is 149 Å². The highest BCUT2D eigenvalue weighted by Gasteiger charge is 2.33. The number of benzene rings is 1. The molecule has 128 valence electrons. The predicted molar refractivity (Wildman–Crippen MR) is 93.2 cm³/mol. The number of nitrogens with zero attached hydrogens (tertiary/aromatic N) is 3. The lowest BCUT2D eigenvalue weighted by Crippen LogP contribution is -2.30. The van der Waals surface area contributed by atoms with E-state index >= 15 is 0 Å². The fraction of sp³-hybridized carbons (Fsp3) is 0.471. The van der Waals surface area contributed by atoms with E-state index in [1.54, 1.807) is 0 Å². The number of aromatic nitrogens is 2. The van der Waals surface area contributed by atoms with E-state index in [1.807, 2.05) is 29.2 Å². The molecule has 2 N–H and O–H groups in total. The third-order valence-corrected chi connectivity index (χ3v) is 4.74. The van der Waals surface area contributed by atoms with Crippen molar-refractivity contribution in [3.8, 4) is 0 Å². The summed E-state index contributed by atoms with van der Waals surface area (Å²) in [5.41, 5.74) is 6.61. The van der Waals surface area contributed by atoms with Crippen LogP contribution in [-0.4, -0.2) is 34.0 Å². The second kappa shape index (κ2) is 7.90. The van der Waals surface area contributed by atoms with Gasteiger partial charge in [-0.15, -0.1) is 0 Å². The minimum absolute atomic E-state index is 0.0959. The van der Waals surface area contributed by atoms with Gasteiger partial charge in [0, 0.05) is 23.9 Å². The zero-order valence-electron chi connectivity index (χ0n) is 13.4. The Morgan fingerprint density at radius 3 is 2.92 bits per heavy atom. The molecule has 6 nitrogen and oxygen atoms in total. The van der Waals surface area contributed by atoms with Gasteiger partial charge in [0.25, 0.3) is 0 Å². The second-order valence-electron chi connectivity index (χ2n) is 5.99. The van der Waals surface area contributed by atoms with Crippen LogP contribution in [0.1, 0.15) is 49.0 Å². The van der Waals surface area contributed by atoms with Crippen molar-refractivity contribution in [2.24, 2.45) is 5.73 Å². The maximum Gasteiger partial charge on any atom is 0.249 e. The lowest BCUT2D eigenvalue weighted by atomic mass is 10.1. The molecule has 1 aromatic carbocycles. The van der Waals surface area contributed by atoms with Crippen molar-refractivity contribution in [3.63, 3.8) is 0 Å². The Balaban J connectivity index is 1.67. The molecular formula is C17H21BrN4O2. The topological polar surface area (TPSA) is 85.3 Å². The van der Waals surface area contributed by atoms with Crippen LogP contribution in [0.4, 0.5) is 0 Å². The molecule has 1 saturated heterocycles. The van der Waals surface area contributed by atoms with Gasteiger partial charge >= 0.3 is 0 Å². The molecule has 2 aromatic rings. The molecule has 1 atom stereocenters. The van der Waals surface area contributed by atoms with Crippen LogP contribution in [0.5, 0.6) is 0 Å². The number of hydrogen-bond donors (Lipinski definition) is 1. The first kappa shape index (κ1) is 17.1. The van der Waals surface area contributed by atoms with Gasteiger partial charge in [0.15, 0.2) is 5.82 Å². The van der Waals surface area contributed by atoms with Crippen LogP contribution in [0.15, 0.2) is 33.3 Å². The summed E-state index contributed by atoms with van der Waals surface area (Å²) in [5, 5.41) is 4.08. The average Bonchev–Trinajstić information content (AvgIpc) is 3.23. The highest BCUT2D eigenvalue weighted by atomic mass is 79.9. The van der Waals surface area contributed by atoms with Crippen molar-refractivity contribution in [1.82, 2.24) is 15.0 Å². The molecule has 1 amide bonds. The minimum atomic E-state index is -0.0959. The highest BCUT2D eigenvalue weighted by Crippen LogP contribution is 2.31. The summed E-state index contributed by atoms with van der Waals surface area (Å²) >= 11 is 3.42. The molecule has 7 heteroatoms. The standard InChI is InChI=1S/C17H21BrN4O2/c18-13-7-5-12(6-8-13)11-15-20-17(24-21-15)14-3-2-10-22(14)16(23)4-1-9-19/h5-8,14H,1-4,9-11,19H2. The molecule has 1 unspecified atom stereocenters. The van der Waals surface area contributed by atoms with Gasteiger partial charge in [0.1, 0.15) is 6.04 Å². The van der Waals surface area contributed by atoms with Gasteiger partial charge in [-0.05, 0) is 43.5 Å². The predicted octanol–water partition coefficient (Wildman–Crippen LogP) is 2.83. The molecule has 0 radical (unpaired) electrons. The Morgan fingerprint density at radius 1 is 1.38 bits per heavy atom. The Hall–Kier alpha value is -1.73. The van der Waals surface area contributed by atoms with Crippen LogP contribution in [0.25, 0.3) is 0 Å². The van der Waals surface area contributed by atoms with Crippen LogP contribution in [0.3, 0.4) is 0 Å². The summed E-state index contributed by atoms with van der Waals surface area (Å²) in [7, 11) is 0. The van der Waals surface area contributed by atoms with Crippen LogP contribution in [0, 0.1) is 0 Å². The average molecular weight is 393 g/mol. The fourth-order valence-electron chi connectivity index (χ4n) is 2.98. The van der Waals surface area contributed by atoms with E-state index in [0.717, 1.165) is 29.4 Å². The van der Waals surface area contributed by atoms with Gasteiger partial charge in [-0.3, -0.25) is 4.79 Å². The van der Waals surface area contributed by atoms with Crippen molar-refractivity contribution >= 4 is 21.8 Å². The largest absolute Gasteiger partial charge is 0.337 e. The van der Waals surface area contributed by atoms with Crippen molar-refractivity contribution in [1.29, 1.82) is 0 Å². The molecule has 1 aliphatic heterocycles. The summed E-state index contributed by atoms with van der Waals surface area (Å²) in [6.07, 6.45) is 3.63. The number of halogens is 1. The van der Waals surface area contributed by atoms with Gasteiger partial charge in [-0.2, -0.15) is 4.98 Å². The van der Waals surface area contributed by atoms with Crippen molar-refractivity contribution in [2.45, 2.75) is 38.1 Å². The zero-order chi connectivity index (χ0) is 16.9. The molecule has 0 saturated carbocycles. The Bertz CT molecular complexity index is 686. The van der Waals surface area contributed by atoms with Crippen molar-refractivity contribution in [3.05, 3.63) is 46.0 Å². The maximum atomic E-state index is 12.3.